The molecule has 0 unspecified atom stereocenters. The van der Waals surface area contributed by atoms with Crippen LogP contribution in [-0.4, -0.2) is 22.0 Å². The van der Waals surface area contributed by atoms with Gasteiger partial charge in [0.05, 0.1) is 24.8 Å². The summed E-state index contributed by atoms with van der Waals surface area (Å²) in [5.74, 6) is -0.294. The van der Waals surface area contributed by atoms with Gasteiger partial charge in [0, 0.05) is 12.4 Å². The predicted octanol–water partition coefficient (Wildman–Crippen LogP) is 1.29. The van der Waals surface area contributed by atoms with Gasteiger partial charge in [-0.15, -0.1) is 0 Å². The molecule has 2 rings (SSSR count). The molecule has 0 fully saturated rings. The van der Waals surface area contributed by atoms with E-state index in [4.69, 9.17) is 10.5 Å². The fourth-order valence-corrected chi connectivity index (χ4v) is 1.64. The van der Waals surface area contributed by atoms with E-state index in [9.17, 15) is 4.79 Å². The second kappa shape index (κ2) is 4.97. The summed E-state index contributed by atoms with van der Waals surface area (Å²) in [7, 11) is 0. The zero-order chi connectivity index (χ0) is 12.3. The number of pyridine rings is 1. The number of carbonyl (C=O) groups excluding carboxylic acids is 1. The zero-order valence-corrected chi connectivity index (χ0v) is 9.67. The summed E-state index contributed by atoms with van der Waals surface area (Å²) < 4.78 is 6.73. The van der Waals surface area contributed by atoms with Crippen LogP contribution in [0.5, 0.6) is 0 Å². The first-order valence-electron chi connectivity index (χ1n) is 5.55. The van der Waals surface area contributed by atoms with Crippen molar-refractivity contribution >= 4 is 11.6 Å². The van der Waals surface area contributed by atoms with E-state index >= 15 is 0 Å². The summed E-state index contributed by atoms with van der Waals surface area (Å²) in [5.41, 5.74) is 7.43. The summed E-state index contributed by atoms with van der Waals surface area (Å²) in [6.45, 7) is 2.14. The third-order valence-electron chi connectivity index (χ3n) is 2.45. The second-order valence-corrected chi connectivity index (χ2v) is 3.75. The van der Waals surface area contributed by atoms with Crippen LogP contribution in [0.1, 0.15) is 25.1 Å². The molecule has 90 valence electrons. The van der Waals surface area contributed by atoms with Gasteiger partial charge in [-0.05, 0) is 19.1 Å². The van der Waals surface area contributed by atoms with Crippen LogP contribution in [0.25, 0.3) is 5.65 Å². The molecule has 0 radical (unpaired) electrons. The molecule has 0 saturated heterocycles. The number of fused-ring (bicyclic) bond motifs is 1. The van der Waals surface area contributed by atoms with Crippen LogP contribution in [0, 0.1) is 0 Å². The lowest BCUT2D eigenvalue weighted by Gasteiger charge is -2.07. The second-order valence-electron chi connectivity index (χ2n) is 3.75. The normalized spacial score (nSPS) is 12.6. The molecule has 0 aliphatic heterocycles. The number of nitrogens with zero attached hydrogens (tertiary/aromatic N) is 2. The van der Waals surface area contributed by atoms with Crippen molar-refractivity contribution in [2.45, 2.75) is 19.4 Å². The quantitative estimate of drug-likeness (QED) is 0.808. The molecule has 17 heavy (non-hydrogen) atoms. The highest BCUT2D eigenvalue weighted by atomic mass is 16.5. The Morgan fingerprint density at radius 1 is 1.59 bits per heavy atom. The highest BCUT2D eigenvalue weighted by molar-refractivity contribution is 5.70. The summed E-state index contributed by atoms with van der Waals surface area (Å²) in [6, 6.07) is 5.28. The Morgan fingerprint density at radius 3 is 3.12 bits per heavy atom. The van der Waals surface area contributed by atoms with Gasteiger partial charge in [0.25, 0.3) is 0 Å². The van der Waals surface area contributed by atoms with Crippen molar-refractivity contribution in [1.82, 2.24) is 9.38 Å². The molecule has 2 heterocycles. The van der Waals surface area contributed by atoms with Crippen LogP contribution >= 0.6 is 0 Å². The van der Waals surface area contributed by atoms with Crippen molar-refractivity contribution in [3.63, 3.8) is 0 Å². The maximum atomic E-state index is 11.3. The summed E-state index contributed by atoms with van der Waals surface area (Å²) >= 11 is 0. The molecular formula is C12H15N3O2. The minimum atomic E-state index is -0.422. The van der Waals surface area contributed by atoms with Gasteiger partial charge >= 0.3 is 5.97 Å². The summed E-state index contributed by atoms with van der Waals surface area (Å²) in [6.07, 6.45) is 3.87. The molecule has 0 bridgehead atoms. The smallest absolute Gasteiger partial charge is 0.307 e. The number of esters is 1. The number of imidazole rings is 1. The highest BCUT2D eigenvalue weighted by Gasteiger charge is 2.15. The topological polar surface area (TPSA) is 69.6 Å². The molecule has 2 aromatic heterocycles. The third-order valence-corrected chi connectivity index (χ3v) is 2.45. The number of carbonyl (C=O) groups is 1. The fraction of sp³-hybridized carbons (Fsp3) is 0.333. The molecule has 0 aromatic carbocycles. The first-order valence-corrected chi connectivity index (χ1v) is 5.55. The van der Waals surface area contributed by atoms with Crippen molar-refractivity contribution in [2.24, 2.45) is 5.73 Å². The maximum absolute atomic E-state index is 11.3. The molecule has 5 heteroatoms. The number of hydrogen-bond donors (Lipinski definition) is 1. The van der Waals surface area contributed by atoms with E-state index in [0.29, 0.717) is 12.3 Å². The minimum Gasteiger partial charge on any atom is -0.466 e. The van der Waals surface area contributed by atoms with Crippen LogP contribution in [0.4, 0.5) is 0 Å². The molecule has 1 atom stereocenters. The van der Waals surface area contributed by atoms with Crippen LogP contribution < -0.4 is 5.73 Å². The van der Waals surface area contributed by atoms with E-state index in [0.717, 1.165) is 5.65 Å². The lowest BCUT2D eigenvalue weighted by atomic mass is 10.2. The zero-order valence-electron chi connectivity index (χ0n) is 9.67. The largest absolute Gasteiger partial charge is 0.466 e. The van der Waals surface area contributed by atoms with Crippen LogP contribution in [-0.2, 0) is 9.53 Å². The molecule has 0 aliphatic rings. The number of hydrogen-bond acceptors (Lipinski definition) is 4. The predicted molar refractivity (Wildman–Crippen MR) is 63.4 cm³/mol. The van der Waals surface area contributed by atoms with Gasteiger partial charge < -0.3 is 14.9 Å². The Kier molecular flexibility index (Phi) is 3.39. The van der Waals surface area contributed by atoms with Crippen LogP contribution in [0.15, 0.2) is 30.6 Å². The Hall–Kier alpha value is -1.88. The Bertz CT molecular complexity index is 488. The van der Waals surface area contributed by atoms with Gasteiger partial charge in [0.15, 0.2) is 0 Å². The fourth-order valence-electron chi connectivity index (χ4n) is 1.64. The van der Waals surface area contributed by atoms with Crippen molar-refractivity contribution < 1.29 is 9.53 Å². The molecular weight excluding hydrogens is 218 g/mol. The third kappa shape index (κ3) is 2.62. The first-order chi connectivity index (χ1) is 8.20. The molecule has 0 aliphatic carbocycles. The Morgan fingerprint density at radius 2 is 2.41 bits per heavy atom. The van der Waals surface area contributed by atoms with Gasteiger partial charge in [0.1, 0.15) is 5.65 Å². The van der Waals surface area contributed by atoms with Crippen molar-refractivity contribution in [3.05, 3.63) is 36.3 Å². The average Bonchev–Trinajstić information content (AvgIpc) is 2.72. The molecule has 2 N–H and O–H groups in total. The van der Waals surface area contributed by atoms with Crippen molar-refractivity contribution in [3.8, 4) is 0 Å². The van der Waals surface area contributed by atoms with Gasteiger partial charge in [-0.1, -0.05) is 6.07 Å². The number of aromatic nitrogens is 2. The molecule has 2 aromatic rings. The summed E-state index contributed by atoms with van der Waals surface area (Å²) in [5, 5.41) is 0. The van der Waals surface area contributed by atoms with Crippen molar-refractivity contribution in [1.29, 1.82) is 0 Å². The molecule has 0 saturated carbocycles. The van der Waals surface area contributed by atoms with E-state index in [2.05, 4.69) is 4.98 Å². The lowest BCUT2D eigenvalue weighted by molar-refractivity contribution is -0.143. The van der Waals surface area contributed by atoms with E-state index in [1.54, 1.807) is 6.92 Å². The van der Waals surface area contributed by atoms with Gasteiger partial charge in [-0.25, -0.2) is 4.98 Å². The average molecular weight is 233 g/mol. The maximum Gasteiger partial charge on any atom is 0.307 e. The highest BCUT2D eigenvalue weighted by Crippen LogP contribution is 2.14. The summed E-state index contributed by atoms with van der Waals surface area (Å²) in [4.78, 5) is 15.7. The standard InChI is InChI=1S/C12H15N3O2/c1-2-17-12(16)7-9(13)10-8-15-6-4-3-5-11(15)14-10/h3-6,8-9H,2,7,13H2,1H3/t9-/m1/s1. The van der Waals surface area contributed by atoms with Crippen molar-refractivity contribution in [2.75, 3.05) is 6.61 Å². The lowest BCUT2D eigenvalue weighted by Crippen LogP contribution is -2.17. The minimum absolute atomic E-state index is 0.151. The Labute approximate surface area is 99.2 Å². The van der Waals surface area contributed by atoms with Crippen LogP contribution in [0.3, 0.4) is 0 Å². The van der Waals surface area contributed by atoms with E-state index in [1.165, 1.54) is 0 Å². The monoisotopic (exact) mass is 233 g/mol. The number of rotatable bonds is 4. The molecule has 0 amide bonds. The van der Waals surface area contributed by atoms with E-state index in [1.807, 2.05) is 35.0 Å². The number of nitrogens with two attached hydrogens (primary N) is 1. The van der Waals surface area contributed by atoms with Gasteiger partial charge in [-0.3, -0.25) is 4.79 Å². The number of ether oxygens (including phenoxy) is 1. The van der Waals surface area contributed by atoms with Gasteiger partial charge in [-0.2, -0.15) is 0 Å². The first kappa shape index (κ1) is 11.6. The Balaban J connectivity index is 2.13. The van der Waals surface area contributed by atoms with Crippen LogP contribution in [0.2, 0.25) is 0 Å². The SMILES string of the molecule is CCOC(=O)C[C@@H](N)c1cn2ccccc2n1. The van der Waals surface area contributed by atoms with E-state index in [-0.39, 0.29) is 12.4 Å². The molecule has 5 nitrogen and oxygen atoms in total. The molecule has 0 spiro atoms. The van der Waals surface area contributed by atoms with Gasteiger partial charge in [0.2, 0.25) is 0 Å². The van der Waals surface area contributed by atoms with E-state index < -0.39 is 6.04 Å².